The molecule has 7 heteroatoms. The summed E-state index contributed by atoms with van der Waals surface area (Å²) >= 11 is 0. The van der Waals surface area contributed by atoms with E-state index in [0.29, 0.717) is 35.7 Å². The fourth-order valence-corrected chi connectivity index (χ4v) is 3.51. The maximum atomic E-state index is 12.9. The highest BCUT2D eigenvalue weighted by Crippen LogP contribution is 2.26. The number of benzene rings is 2. The molecule has 1 aliphatic rings. The topological polar surface area (TPSA) is 84.7 Å². The van der Waals surface area contributed by atoms with Crippen molar-refractivity contribution in [2.75, 3.05) is 16.8 Å². The first-order valence-corrected chi connectivity index (χ1v) is 9.88. The van der Waals surface area contributed by atoms with Gasteiger partial charge in [0.2, 0.25) is 5.91 Å². The van der Waals surface area contributed by atoms with Crippen LogP contribution in [0, 0.1) is 13.8 Å². The molecule has 1 N–H and O–H groups in total. The van der Waals surface area contributed by atoms with Gasteiger partial charge in [0.15, 0.2) is 0 Å². The van der Waals surface area contributed by atoms with Crippen molar-refractivity contribution in [1.29, 1.82) is 0 Å². The summed E-state index contributed by atoms with van der Waals surface area (Å²) in [6, 6.07) is 14.4. The third-order valence-electron chi connectivity index (χ3n) is 5.17. The Kier molecular flexibility index (Phi) is 5.52. The lowest BCUT2D eigenvalue weighted by atomic mass is 10.1. The van der Waals surface area contributed by atoms with Crippen LogP contribution < -0.4 is 15.0 Å². The van der Waals surface area contributed by atoms with Crippen LogP contribution in [-0.2, 0) is 11.4 Å². The van der Waals surface area contributed by atoms with E-state index in [2.05, 4.69) is 10.5 Å². The zero-order chi connectivity index (χ0) is 21.1. The number of hydrogen-bond donors (Lipinski definition) is 1. The Bertz CT molecular complexity index is 1070. The molecule has 0 radical (unpaired) electrons. The molecule has 4 rings (SSSR count). The number of carbonyl (C=O) groups is 2. The average Bonchev–Trinajstić information content (AvgIpc) is 3.32. The predicted octanol–water partition coefficient (Wildman–Crippen LogP) is 4.25. The van der Waals surface area contributed by atoms with Crippen LogP contribution in [0.25, 0.3) is 0 Å². The van der Waals surface area contributed by atoms with E-state index < -0.39 is 0 Å². The third kappa shape index (κ3) is 4.05. The smallest absolute Gasteiger partial charge is 0.259 e. The van der Waals surface area contributed by atoms with Gasteiger partial charge in [-0.05, 0) is 50.6 Å². The van der Waals surface area contributed by atoms with Crippen LogP contribution in [0.1, 0.15) is 40.2 Å². The quantitative estimate of drug-likeness (QED) is 0.663. The molecule has 0 atom stereocenters. The van der Waals surface area contributed by atoms with Crippen molar-refractivity contribution < 1.29 is 18.8 Å². The molecule has 7 nitrogen and oxygen atoms in total. The first-order valence-electron chi connectivity index (χ1n) is 9.88. The molecule has 2 amide bonds. The molecule has 0 unspecified atom stereocenters. The van der Waals surface area contributed by atoms with E-state index >= 15 is 0 Å². The lowest BCUT2D eigenvalue weighted by Crippen LogP contribution is -2.23. The Morgan fingerprint density at radius 1 is 1.20 bits per heavy atom. The summed E-state index contributed by atoms with van der Waals surface area (Å²) in [5.74, 6) is 0.995. The Hall–Kier alpha value is -3.61. The summed E-state index contributed by atoms with van der Waals surface area (Å²) in [6.07, 6.45) is 1.41. The van der Waals surface area contributed by atoms with Crippen molar-refractivity contribution in [3.63, 3.8) is 0 Å². The number of para-hydroxylation sites is 1. The van der Waals surface area contributed by atoms with Crippen molar-refractivity contribution in [3.8, 4) is 5.75 Å². The number of aromatic nitrogens is 1. The number of nitrogens with zero attached hydrogens (tertiary/aromatic N) is 2. The summed E-state index contributed by atoms with van der Waals surface area (Å²) in [5.41, 5.74) is 3.47. The molecular formula is C23H23N3O4. The number of hydrogen-bond acceptors (Lipinski definition) is 5. The fourth-order valence-electron chi connectivity index (χ4n) is 3.51. The summed E-state index contributed by atoms with van der Waals surface area (Å²) in [5, 5.41) is 6.83. The minimum atomic E-state index is -0.283. The van der Waals surface area contributed by atoms with Gasteiger partial charge in [0.1, 0.15) is 18.1 Å². The molecule has 2 aromatic carbocycles. The highest BCUT2D eigenvalue weighted by atomic mass is 16.5. The SMILES string of the molecule is Cc1noc(C)c1COc1ccccc1C(=O)Nc1cccc(N2CCCC2=O)c1. The van der Waals surface area contributed by atoms with E-state index in [1.54, 1.807) is 29.2 Å². The number of aryl methyl sites for hydroxylation is 2. The number of ether oxygens (including phenoxy) is 1. The van der Waals surface area contributed by atoms with Crippen molar-refractivity contribution in [3.05, 3.63) is 71.1 Å². The minimum absolute atomic E-state index is 0.108. The molecule has 0 spiro atoms. The van der Waals surface area contributed by atoms with Crippen LogP contribution in [0.2, 0.25) is 0 Å². The van der Waals surface area contributed by atoms with E-state index in [0.717, 1.165) is 23.4 Å². The molecule has 2 heterocycles. The Morgan fingerprint density at radius 2 is 2.03 bits per heavy atom. The average molecular weight is 405 g/mol. The van der Waals surface area contributed by atoms with Gasteiger partial charge in [0, 0.05) is 24.3 Å². The summed E-state index contributed by atoms with van der Waals surface area (Å²) in [6.45, 7) is 4.65. The van der Waals surface area contributed by atoms with E-state index in [1.165, 1.54) is 0 Å². The van der Waals surface area contributed by atoms with Gasteiger partial charge >= 0.3 is 0 Å². The molecule has 1 aliphatic heterocycles. The van der Waals surface area contributed by atoms with Crippen LogP contribution in [0.4, 0.5) is 11.4 Å². The molecule has 0 saturated carbocycles. The lowest BCUT2D eigenvalue weighted by Gasteiger charge is -2.17. The second-order valence-electron chi connectivity index (χ2n) is 7.24. The van der Waals surface area contributed by atoms with Crippen molar-refractivity contribution >= 4 is 23.2 Å². The highest BCUT2D eigenvalue weighted by Gasteiger charge is 2.22. The van der Waals surface area contributed by atoms with Crippen molar-refractivity contribution in [2.45, 2.75) is 33.3 Å². The maximum absolute atomic E-state index is 12.9. The number of carbonyl (C=O) groups excluding carboxylic acids is 2. The van der Waals surface area contributed by atoms with Crippen molar-refractivity contribution in [2.24, 2.45) is 0 Å². The van der Waals surface area contributed by atoms with Gasteiger partial charge in [0.05, 0.1) is 16.8 Å². The van der Waals surface area contributed by atoms with Gasteiger partial charge in [-0.25, -0.2) is 0 Å². The molecule has 1 fully saturated rings. The van der Waals surface area contributed by atoms with Crippen LogP contribution in [0.15, 0.2) is 53.1 Å². The molecule has 30 heavy (non-hydrogen) atoms. The maximum Gasteiger partial charge on any atom is 0.259 e. The van der Waals surface area contributed by atoms with Gasteiger partial charge in [-0.2, -0.15) is 0 Å². The zero-order valence-electron chi connectivity index (χ0n) is 17.0. The Balaban J connectivity index is 1.50. The number of amides is 2. The first-order chi connectivity index (χ1) is 14.5. The van der Waals surface area contributed by atoms with Gasteiger partial charge in [-0.1, -0.05) is 23.4 Å². The largest absolute Gasteiger partial charge is 0.488 e. The highest BCUT2D eigenvalue weighted by molar-refractivity contribution is 6.06. The number of rotatable bonds is 6. The van der Waals surface area contributed by atoms with Crippen LogP contribution in [-0.4, -0.2) is 23.5 Å². The minimum Gasteiger partial charge on any atom is -0.488 e. The van der Waals surface area contributed by atoms with Gasteiger partial charge in [0.25, 0.3) is 5.91 Å². The van der Waals surface area contributed by atoms with Crippen molar-refractivity contribution in [1.82, 2.24) is 5.16 Å². The summed E-state index contributed by atoms with van der Waals surface area (Å²) in [4.78, 5) is 26.7. The number of nitrogens with one attached hydrogen (secondary N) is 1. The Morgan fingerprint density at radius 3 is 2.77 bits per heavy atom. The zero-order valence-corrected chi connectivity index (χ0v) is 17.0. The van der Waals surface area contributed by atoms with Gasteiger partial charge in [-0.3, -0.25) is 9.59 Å². The second kappa shape index (κ2) is 8.41. The molecule has 1 saturated heterocycles. The Labute approximate surface area is 174 Å². The van der Waals surface area contributed by atoms with Crippen LogP contribution in [0.5, 0.6) is 5.75 Å². The summed E-state index contributed by atoms with van der Waals surface area (Å²) < 4.78 is 11.1. The van der Waals surface area contributed by atoms with E-state index in [9.17, 15) is 9.59 Å². The molecule has 0 bridgehead atoms. The normalized spacial score (nSPS) is 13.5. The van der Waals surface area contributed by atoms with Gasteiger partial charge < -0.3 is 19.5 Å². The van der Waals surface area contributed by atoms with Gasteiger partial charge in [-0.15, -0.1) is 0 Å². The van der Waals surface area contributed by atoms with Crippen LogP contribution >= 0.6 is 0 Å². The number of anilines is 2. The molecule has 3 aromatic rings. The molecule has 1 aromatic heterocycles. The second-order valence-corrected chi connectivity index (χ2v) is 7.24. The van der Waals surface area contributed by atoms with E-state index in [4.69, 9.17) is 9.26 Å². The fraction of sp³-hybridized carbons (Fsp3) is 0.261. The standard InChI is InChI=1S/C23H23N3O4/c1-15-20(16(2)30-25-15)14-29-21-10-4-3-9-19(21)23(28)24-17-7-5-8-18(13-17)26-12-6-11-22(26)27/h3-5,7-10,13H,6,11-12,14H2,1-2H3,(H,24,28). The lowest BCUT2D eigenvalue weighted by molar-refractivity contribution is -0.117. The monoisotopic (exact) mass is 405 g/mol. The molecule has 0 aliphatic carbocycles. The third-order valence-corrected chi connectivity index (χ3v) is 5.17. The van der Waals surface area contributed by atoms with Crippen LogP contribution in [0.3, 0.4) is 0 Å². The van der Waals surface area contributed by atoms with E-state index in [1.807, 2.05) is 38.1 Å². The van der Waals surface area contributed by atoms with E-state index in [-0.39, 0.29) is 18.4 Å². The first kappa shape index (κ1) is 19.7. The molecular weight excluding hydrogens is 382 g/mol. The predicted molar refractivity (Wildman–Crippen MR) is 113 cm³/mol. The summed E-state index contributed by atoms with van der Waals surface area (Å²) in [7, 11) is 0. The molecule has 154 valence electrons.